The molecule has 0 spiro atoms. The molecular formula is C74H139NO5. The summed E-state index contributed by atoms with van der Waals surface area (Å²) in [4.78, 5) is 24.6. The average Bonchev–Trinajstić information content (AvgIpc) is 3.46. The van der Waals surface area contributed by atoms with Crippen LogP contribution >= 0.6 is 0 Å². The third-order valence-electron chi connectivity index (χ3n) is 16.6. The van der Waals surface area contributed by atoms with E-state index < -0.39 is 12.1 Å². The van der Waals surface area contributed by atoms with Crippen LogP contribution in [0.5, 0.6) is 0 Å². The molecule has 6 heteroatoms. The van der Waals surface area contributed by atoms with E-state index in [1.165, 1.54) is 308 Å². The van der Waals surface area contributed by atoms with Gasteiger partial charge in [0.25, 0.3) is 0 Å². The van der Waals surface area contributed by atoms with E-state index >= 15 is 0 Å². The molecule has 2 unspecified atom stereocenters. The van der Waals surface area contributed by atoms with Gasteiger partial charge in [0.05, 0.1) is 25.4 Å². The smallest absolute Gasteiger partial charge is 0.305 e. The van der Waals surface area contributed by atoms with Gasteiger partial charge in [-0.1, -0.05) is 332 Å². The number of unbranched alkanes of at least 4 members (excludes halogenated alkanes) is 50. The van der Waals surface area contributed by atoms with E-state index in [4.69, 9.17) is 4.74 Å². The summed E-state index contributed by atoms with van der Waals surface area (Å²) < 4.78 is 5.50. The number of rotatable bonds is 67. The topological polar surface area (TPSA) is 95.9 Å². The van der Waals surface area contributed by atoms with Crippen molar-refractivity contribution in [3.63, 3.8) is 0 Å². The number of allylic oxidation sites excluding steroid dienone is 7. The molecule has 0 rings (SSSR count). The second-order valence-electron chi connectivity index (χ2n) is 24.6. The van der Waals surface area contributed by atoms with Crippen molar-refractivity contribution in [1.82, 2.24) is 5.32 Å². The number of carbonyl (C=O) groups is 2. The van der Waals surface area contributed by atoms with Gasteiger partial charge in [0, 0.05) is 12.8 Å². The largest absolute Gasteiger partial charge is 0.466 e. The van der Waals surface area contributed by atoms with Gasteiger partial charge in [-0.3, -0.25) is 9.59 Å². The molecule has 0 aromatic heterocycles. The number of ether oxygens (including phenoxy) is 1. The summed E-state index contributed by atoms with van der Waals surface area (Å²) in [6.45, 7) is 4.91. The fraction of sp³-hybridized carbons (Fsp3) is 0.865. The number of hydrogen-bond donors (Lipinski definition) is 3. The van der Waals surface area contributed by atoms with Crippen LogP contribution in [0.4, 0.5) is 0 Å². The van der Waals surface area contributed by atoms with Crippen LogP contribution in [0, 0.1) is 0 Å². The molecule has 0 bridgehead atoms. The van der Waals surface area contributed by atoms with Gasteiger partial charge in [-0.25, -0.2) is 0 Å². The van der Waals surface area contributed by atoms with Gasteiger partial charge in [0.15, 0.2) is 0 Å². The zero-order chi connectivity index (χ0) is 57.8. The van der Waals surface area contributed by atoms with E-state index in [1.54, 1.807) is 6.08 Å². The summed E-state index contributed by atoms with van der Waals surface area (Å²) in [5, 5.41) is 23.1. The Morgan fingerprint density at radius 2 is 0.625 bits per heavy atom. The van der Waals surface area contributed by atoms with Crippen molar-refractivity contribution in [1.29, 1.82) is 0 Å². The second-order valence-corrected chi connectivity index (χ2v) is 24.6. The van der Waals surface area contributed by atoms with Crippen molar-refractivity contribution in [2.75, 3.05) is 13.2 Å². The molecular weight excluding hydrogens is 983 g/mol. The lowest BCUT2D eigenvalue weighted by atomic mass is 10.0. The Balaban J connectivity index is 3.37. The Morgan fingerprint density at radius 3 is 0.963 bits per heavy atom. The fourth-order valence-corrected chi connectivity index (χ4v) is 11.1. The Bertz CT molecular complexity index is 1340. The van der Waals surface area contributed by atoms with Gasteiger partial charge in [0.2, 0.25) is 5.91 Å². The lowest BCUT2D eigenvalue weighted by Gasteiger charge is -2.20. The monoisotopic (exact) mass is 1120 g/mol. The van der Waals surface area contributed by atoms with Crippen LogP contribution in [-0.2, 0) is 14.3 Å². The highest BCUT2D eigenvalue weighted by atomic mass is 16.5. The number of nitrogens with one attached hydrogen (secondary N) is 1. The molecule has 0 aromatic rings. The van der Waals surface area contributed by atoms with Crippen molar-refractivity contribution >= 4 is 11.9 Å². The molecule has 0 aliphatic carbocycles. The maximum Gasteiger partial charge on any atom is 0.305 e. The summed E-state index contributed by atoms with van der Waals surface area (Å²) in [6, 6.07) is -0.626. The first-order valence-corrected chi connectivity index (χ1v) is 35.9. The van der Waals surface area contributed by atoms with E-state index in [0.717, 1.165) is 51.4 Å². The molecule has 0 fully saturated rings. The summed E-state index contributed by atoms with van der Waals surface area (Å²) in [5.41, 5.74) is 0. The minimum absolute atomic E-state index is 0.0112. The zero-order valence-corrected chi connectivity index (χ0v) is 53.8. The molecule has 0 aromatic carbocycles. The Labute approximate surface area is 499 Å². The van der Waals surface area contributed by atoms with E-state index in [2.05, 4.69) is 55.6 Å². The van der Waals surface area contributed by atoms with E-state index in [-0.39, 0.29) is 18.5 Å². The minimum Gasteiger partial charge on any atom is -0.466 e. The quantitative estimate of drug-likeness (QED) is 0.0320. The van der Waals surface area contributed by atoms with Gasteiger partial charge in [0.1, 0.15) is 0 Å². The lowest BCUT2D eigenvalue weighted by Crippen LogP contribution is -2.45. The number of esters is 1. The Hall–Kier alpha value is -2.18. The third-order valence-corrected chi connectivity index (χ3v) is 16.6. The SMILES string of the molecule is CCCCCCCCC/C=C\CCCCCCCCCC(=O)OCCCCCCCCCCC/C=C\C/C=C\CCCCCCCCCCCCCCCCCCCC(=O)NC(CO)C(O)/C=C/CCCCCCCCCCCC. The van der Waals surface area contributed by atoms with Gasteiger partial charge >= 0.3 is 5.97 Å². The third kappa shape index (κ3) is 65.0. The molecule has 3 N–H and O–H groups in total. The van der Waals surface area contributed by atoms with E-state index in [9.17, 15) is 19.8 Å². The number of carbonyl (C=O) groups excluding carboxylic acids is 2. The highest BCUT2D eigenvalue weighted by Gasteiger charge is 2.18. The number of aliphatic hydroxyl groups is 2. The summed E-state index contributed by atoms with van der Waals surface area (Å²) >= 11 is 0. The first-order valence-electron chi connectivity index (χ1n) is 35.9. The maximum absolute atomic E-state index is 12.5. The molecule has 0 radical (unpaired) electrons. The van der Waals surface area contributed by atoms with Crippen LogP contribution in [0.3, 0.4) is 0 Å². The van der Waals surface area contributed by atoms with Crippen molar-refractivity contribution in [3.8, 4) is 0 Å². The fourth-order valence-electron chi connectivity index (χ4n) is 11.1. The summed E-state index contributed by atoms with van der Waals surface area (Å²) in [6.07, 6.45) is 90.6. The zero-order valence-electron chi connectivity index (χ0n) is 53.8. The van der Waals surface area contributed by atoms with Crippen LogP contribution in [0.25, 0.3) is 0 Å². The molecule has 2 atom stereocenters. The molecule has 0 saturated carbocycles. The summed E-state index contributed by atoms with van der Waals surface area (Å²) in [5.74, 6) is -0.0546. The van der Waals surface area contributed by atoms with Gasteiger partial charge in [-0.15, -0.1) is 0 Å². The van der Waals surface area contributed by atoms with Gasteiger partial charge in [-0.2, -0.15) is 0 Å². The molecule has 0 aliphatic heterocycles. The van der Waals surface area contributed by atoms with Gasteiger partial charge in [-0.05, 0) is 89.9 Å². The standard InChI is InChI=1S/C74H139NO5/c1-3-5-7-9-11-13-15-17-18-19-38-41-44-48-52-56-60-64-68-74(79)80-69-65-61-57-53-49-45-42-39-36-34-32-30-28-26-24-22-20-21-23-25-27-29-31-33-35-37-40-43-47-51-55-59-63-67-73(78)75-71(70-76)72(77)66-62-58-54-50-46-16-14-12-10-8-6-4-2/h18-19,24,26,30,32,62,66,71-72,76-77H,3-17,20-23,25,27-29,31,33-61,63-65,67-70H2,1-2H3,(H,75,78)/b19-18-,26-24-,32-30-,66-62+. The molecule has 0 heterocycles. The molecule has 470 valence electrons. The highest BCUT2D eigenvalue weighted by molar-refractivity contribution is 5.76. The molecule has 1 amide bonds. The Morgan fingerprint density at radius 1 is 0.350 bits per heavy atom. The van der Waals surface area contributed by atoms with Crippen molar-refractivity contribution in [2.45, 2.75) is 398 Å². The lowest BCUT2D eigenvalue weighted by molar-refractivity contribution is -0.143. The van der Waals surface area contributed by atoms with Crippen molar-refractivity contribution in [3.05, 3.63) is 48.6 Å². The van der Waals surface area contributed by atoms with E-state index in [0.29, 0.717) is 19.4 Å². The van der Waals surface area contributed by atoms with Gasteiger partial charge < -0.3 is 20.3 Å². The normalized spacial score (nSPS) is 12.8. The molecule has 6 nitrogen and oxygen atoms in total. The molecule has 80 heavy (non-hydrogen) atoms. The number of aliphatic hydroxyl groups excluding tert-OH is 2. The first-order chi connectivity index (χ1) is 39.5. The minimum atomic E-state index is -0.842. The highest BCUT2D eigenvalue weighted by Crippen LogP contribution is 2.18. The van der Waals surface area contributed by atoms with Crippen molar-refractivity contribution < 1.29 is 24.5 Å². The summed E-state index contributed by atoms with van der Waals surface area (Å²) in [7, 11) is 0. The Kier molecular flexibility index (Phi) is 67.4. The number of amides is 1. The predicted molar refractivity (Wildman–Crippen MR) is 352 cm³/mol. The van der Waals surface area contributed by atoms with Crippen LogP contribution in [0.15, 0.2) is 48.6 Å². The van der Waals surface area contributed by atoms with Crippen molar-refractivity contribution in [2.24, 2.45) is 0 Å². The number of hydrogen-bond acceptors (Lipinski definition) is 5. The average molecular weight is 1120 g/mol. The van der Waals surface area contributed by atoms with Crippen LogP contribution in [-0.4, -0.2) is 47.4 Å². The maximum atomic E-state index is 12.5. The van der Waals surface area contributed by atoms with Crippen LogP contribution in [0.2, 0.25) is 0 Å². The second kappa shape index (κ2) is 69.3. The van der Waals surface area contributed by atoms with Crippen LogP contribution in [0.1, 0.15) is 386 Å². The predicted octanol–water partition coefficient (Wildman–Crippen LogP) is 23.3. The first kappa shape index (κ1) is 77.8. The van der Waals surface area contributed by atoms with Crippen LogP contribution < -0.4 is 5.32 Å². The molecule has 0 saturated heterocycles. The molecule has 0 aliphatic rings. The van der Waals surface area contributed by atoms with E-state index in [1.807, 2.05) is 6.08 Å².